The van der Waals surface area contributed by atoms with Gasteiger partial charge in [-0.15, -0.1) is 0 Å². The van der Waals surface area contributed by atoms with Gasteiger partial charge in [0.1, 0.15) is 38.3 Å². The van der Waals surface area contributed by atoms with Gasteiger partial charge in [-0.2, -0.15) is 0 Å². The summed E-state index contributed by atoms with van der Waals surface area (Å²) in [4.78, 5) is 0. The highest BCUT2D eigenvalue weighted by Gasteiger charge is 2.14. The van der Waals surface area contributed by atoms with Gasteiger partial charge in [-0.05, 0) is 38.5 Å². The minimum atomic E-state index is 0.129. The number of hydrogen-bond donors (Lipinski definition) is 0. The van der Waals surface area contributed by atoms with Crippen LogP contribution in [0.1, 0.15) is 311 Å². The van der Waals surface area contributed by atoms with E-state index in [4.69, 9.17) is 33.2 Å². The van der Waals surface area contributed by atoms with Crippen LogP contribution >= 0.6 is 0 Å². The second-order valence-corrected chi connectivity index (χ2v) is 19.7. The van der Waals surface area contributed by atoms with Crippen molar-refractivity contribution in [2.75, 3.05) is 53.2 Å². The monoisotopic (exact) mass is 951 g/mol. The van der Waals surface area contributed by atoms with Crippen LogP contribution in [0.15, 0.2) is 23.0 Å². The van der Waals surface area contributed by atoms with E-state index in [1.165, 1.54) is 218 Å². The van der Waals surface area contributed by atoms with Crippen LogP contribution in [-0.2, 0) is 33.2 Å². The zero-order chi connectivity index (χ0) is 48.6. The van der Waals surface area contributed by atoms with Crippen molar-refractivity contribution < 1.29 is 33.2 Å². The van der Waals surface area contributed by atoms with Gasteiger partial charge in [-0.1, -0.05) is 260 Å². The molecular weight excluding hydrogens is 833 g/mol. The average Bonchev–Trinajstić information content (AvgIpc) is 3.34. The van der Waals surface area contributed by atoms with Gasteiger partial charge in [0.05, 0.1) is 26.4 Å². The van der Waals surface area contributed by atoms with Crippen molar-refractivity contribution in [1.82, 2.24) is 0 Å². The first kappa shape index (κ1) is 65.6. The third-order valence-corrected chi connectivity index (χ3v) is 13.0. The van der Waals surface area contributed by atoms with Crippen molar-refractivity contribution in [2.24, 2.45) is 0 Å². The van der Waals surface area contributed by atoms with Crippen LogP contribution in [0.25, 0.3) is 0 Å². The Bertz CT molecular complexity index is 934. The molecule has 67 heavy (non-hydrogen) atoms. The van der Waals surface area contributed by atoms with E-state index in [2.05, 4.69) is 41.5 Å². The maximum atomic E-state index is 6.59. The Hall–Kier alpha value is -1.44. The maximum Gasteiger partial charge on any atom is 0.159 e. The Balaban J connectivity index is 5.71. The fourth-order valence-corrected chi connectivity index (χ4v) is 8.56. The zero-order valence-corrected chi connectivity index (χ0v) is 46.2. The first-order chi connectivity index (χ1) is 33.2. The molecule has 0 spiro atoms. The molecule has 7 nitrogen and oxygen atoms in total. The highest BCUT2D eigenvalue weighted by atomic mass is 16.7. The van der Waals surface area contributed by atoms with E-state index in [0.717, 1.165) is 87.6 Å². The molecule has 0 saturated carbocycles. The standard InChI is InChI=1S/C60H118O7/c1-7-13-19-25-31-37-43-49-64-57(47-41-35-29-23-17-11-5)59(66-51-45-39-33-27-21-15-9-3)53-61-55-63-56-62-54-60(67-52-46-40-34-28-22-16-10-4)58(48-42-36-30-24-18-12-6)65-50-44-38-32-26-20-14-8-2/h7-56H2,1-6H3. The van der Waals surface area contributed by atoms with Crippen molar-refractivity contribution in [3.63, 3.8) is 0 Å². The maximum absolute atomic E-state index is 6.59. The van der Waals surface area contributed by atoms with E-state index in [-0.39, 0.29) is 13.6 Å². The van der Waals surface area contributed by atoms with E-state index < -0.39 is 0 Å². The van der Waals surface area contributed by atoms with Crippen LogP contribution < -0.4 is 0 Å². The first-order valence-corrected chi connectivity index (χ1v) is 29.9. The Morgan fingerprint density at radius 2 is 0.418 bits per heavy atom. The molecule has 0 bridgehead atoms. The van der Waals surface area contributed by atoms with Crippen molar-refractivity contribution in [3.8, 4) is 0 Å². The summed E-state index contributed by atoms with van der Waals surface area (Å²) in [5.74, 6) is 3.69. The van der Waals surface area contributed by atoms with Crippen LogP contribution in [0, 0.1) is 0 Å². The molecule has 0 heterocycles. The molecule has 0 aromatic heterocycles. The van der Waals surface area contributed by atoms with Gasteiger partial charge in [-0.3, -0.25) is 0 Å². The minimum absolute atomic E-state index is 0.129. The van der Waals surface area contributed by atoms with Crippen LogP contribution in [0.5, 0.6) is 0 Å². The molecule has 0 atom stereocenters. The first-order valence-electron chi connectivity index (χ1n) is 29.9. The lowest BCUT2D eigenvalue weighted by Gasteiger charge is -2.19. The lowest BCUT2D eigenvalue weighted by Crippen LogP contribution is -2.14. The summed E-state index contributed by atoms with van der Waals surface area (Å²) in [5, 5.41) is 0. The molecule has 0 unspecified atom stereocenters. The zero-order valence-electron chi connectivity index (χ0n) is 46.2. The highest BCUT2D eigenvalue weighted by molar-refractivity contribution is 5.03. The summed E-state index contributed by atoms with van der Waals surface area (Å²) in [6, 6.07) is 0. The molecule has 0 aliphatic heterocycles. The smallest absolute Gasteiger partial charge is 0.159 e. The minimum Gasteiger partial charge on any atom is -0.494 e. The normalized spacial score (nSPS) is 12.4. The second kappa shape index (κ2) is 57.1. The number of rotatable bonds is 58. The van der Waals surface area contributed by atoms with Crippen LogP contribution in [0.2, 0.25) is 0 Å². The summed E-state index contributed by atoms with van der Waals surface area (Å²) in [6.07, 6.45) is 52.3. The molecule has 0 N–H and O–H groups in total. The molecule has 0 saturated heterocycles. The summed E-state index contributed by atoms with van der Waals surface area (Å²) in [5.41, 5.74) is 0. The van der Waals surface area contributed by atoms with E-state index in [9.17, 15) is 0 Å². The van der Waals surface area contributed by atoms with E-state index >= 15 is 0 Å². The summed E-state index contributed by atoms with van der Waals surface area (Å²) >= 11 is 0. The molecule has 0 radical (unpaired) electrons. The highest BCUT2D eigenvalue weighted by Crippen LogP contribution is 2.22. The van der Waals surface area contributed by atoms with Crippen molar-refractivity contribution in [3.05, 3.63) is 23.0 Å². The summed E-state index contributed by atoms with van der Waals surface area (Å²) in [6.45, 7) is 17.5. The molecule has 400 valence electrons. The van der Waals surface area contributed by atoms with Crippen LogP contribution in [0.4, 0.5) is 0 Å². The number of hydrogen-bond acceptors (Lipinski definition) is 7. The molecule has 0 aromatic carbocycles. The molecule has 0 aliphatic carbocycles. The molecule has 0 aliphatic rings. The molecule has 7 heteroatoms. The largest absolute Gasteiger partial charge is 0.494 e. The topological polar surface area (TPSA) is 64.6 Å². The van der Waals surface area contributed by atoms with Crippen molar-refractivity contribution in [1.29, 1.82) is 0 Å². The Morgan fingerprint density at radius 1 is 0.209 bits per heavy atom. The predicted molar refractivity (Wildman–Crippen MR) is 289 cm³/mol. The number of ether oxygens (including phenoxy) is 7. The predicted octanol–water partition coefficient (Wildman–Crippen LogP) is 19.9. The molecule has 0 aromatic rings. The molecule has 0 amide bonds. The van der Waals surface area contributed by atoms with Crippen LogP contribution in [-0.4, -0.2) is 53.2 Å². The van der Waals surface area contributed by atoms with Gasteiger partial charge in [0.2, 0.25) is 0 Å². The van der Waals surface area contributed by atoms with Crippen molar-refractivity contribution in [2.45, 2.75) is 311 Å². The number of unbranched alkanes of at least 4 members (excludes halogenated alkanes) is 34. The third-order valence-electron chi connectivity index (χ3n) is 13.0. The fraction of sp³-hybridized carbons (Fsp3) is 0.933. The van der Waals surface area contributed by atoms with Gasteiger partial charge >= 0.3 is 0 Å². The summed E-state index contributed by atoms with van der Waals surface area (Å²) < 4.78 is 44.6. The van der Waals surface area contributed by atoms with Gasteiger partial charge in [0, 0.05) is 12.8 Å². The molecule has 0 fully saturated rings. The van der Waals surface area contributed by atoms with Gasteiger partial charge in [0.25, 0.3) is 0 Å². The lowest BCUT2D eigenvalue weighted by molar-refractivity contribution is -0.132. The Kier molecular flexibility index (Phi) is 55.9. The van der Waals surface area contributed by atoms with Gasteiger partial charge in [0.15, 0.2) is 11.5 Å². The van der Waals surface area contributed by atoms with E-state index in [0.29, 0.717) is 26.4 Å². The SMILES string of the molecule is CCCCCCCCCOC(CCCCCCCC)=C(COCOCOCC(OCCCCCCCCC)=C(CCCCCCCC)OCCCCCCCCC)OCCCCCCCCC. The second-order valence-electron chi connectivity index (χ2n) is 19.7. The fourth-order valence-electron chi connectivity index (χ4n) is 8.56. The Morgan fingerprint density at radius 3 is 0.672 bits per heavy atom. The van der Waals surface area contributed by atoms with Crippen molar-refractivity contribution >= 4 is 0 Å². The summed E-state index contributed by atoms with van der Waals surface area (Å²) in [7, 11) is 0. The van der Waals surface area contributed by atoms with Gasteiger partial charge < -0.3 is 33.2 Å². The van der Waals surface area contributed by atoms with E-state index in [1.54, 1.807) is 0 Å². The van der Waals surface area contributed by atoms with E-state index in [1.807, 2.05) is 0 Å². The number of allylic oxidation sites excluding steroid dienone is 2. The lowest BCUT2D eigenvalue weighted by atomic mass is 10.1. The average molecular weight is 952 g/mol. The quantitative estimate of drug-likeness (QED) is 0.0342. The van der Waals surface area contributed by atoms with Gasteiger partial charge in [-0.25, -0.2) is 0 Å². The Labute approximate surface area is 419 Å². The van der Waals surface area contributed by atoms with Crippen LogP contribution in [0.3, 0.4) is 0 Å². The third kappa shape index (κ3) is 48.0. The molecule has 0 rings (SSSR count). The molecular formula is C60H118O7.